The second-order valence-electron chi connectivity index (χ2n) is 8.94. The van der Waals surface area contributed by atoms with Gasteiger partial charge in [-0.25, -0.2) is 8.78 Å². The molecule has 1 aliphatic rings. The number of benzene rings is 3. The van der Waals surface area contributed by atoms with E-state index in [-0.39, 0.29) is 17.7 Å². The fourth-order valence-electron chi connectivity index (χ4n) is 4.95. The highest BCUT2D eigenvalue weighted by Crippen LogP contribution is 2.37. The van der Waals surface area contributed by atoms with Gasteiger partial charge in [-0.15, -0.1) is 0 Å². The predicted octanol–water partition coefficient (Wildman–Crippen LogP) is 6.04. The Balaban J connectivity index is 1.31. The van der Waals surface area contributed by atoms with Crippen molar-refractivity contribution >= 4 is 10.9 Å². The van der Waals surface area contributed by atoms with Gasteiger partial charge in [0.25, 0.3) is 0 Å². The van der Waals surface area contributed by atoms with Gasteiger partial charge in [-0.05, 0) is 71.8 Å². The highest BCUT2D eigenvalue weighted by molar-refractivity contribution is 5.99. The number of hydrogen-bond donors (Lipinski definition) is 3. The fraction of sp³-hybridized carbons (Fsp3) is 0.286. The van der Waals surface area contributed by atoms with Crippen molar-refractivity contribution in [3.8, 4) is 16.9 Å². The van der Waals surface area contributed by atoms with Crippen molar-refractivity contribution in [1.82, 2.24) is 10.3 Å². The first-order valence-corrected chi connectivity index (χ1v) is 11.7. The number of aliphatic hydroxyl groups excluding tert-OH is 1. The summed E-state index contributed by atoms with van der Waals surface area (Å²) in [4.78, 5) is 3.35. The molecule has 2 atom stereocenters. The minimum atomic E-state index is -0.603. The van der Waals surface area contributed by atoms with E-state index >= 15 is 0 Å². The summed E-state index contributed by atoms with van der Waals surface area (Å²) in [5.41, 5.74) is 5.48. The highest BCUT2D eigenvalue weighted by Gasteiger charge is 2.25. The van der Waals surface area contributed by atoms with E-state index in [0.717, 1.165) is 58.3 Å². The van der Waals surface area contributed by atoms with Crippen LogP contribution in [0.3, 0.4) is 0 Å². The van der Waals surface area contributed by atoms with Gasteiger partial charge < -0.3 is 20.1 Å². The summed E-state index contributed by atoms with van der Waals surface area (Å²) >= 11 is 0. The van der Waals surface area contributed by atoms with E-state index in [0.29, 0.717) is 18.5 Å². The number of ether oxygens (including phenoxy) is 1. The summed E-state index contributed by atoms with van der Waals surface area (Å²) in [6.45, 7) is 0.660. The monoisotopic (exact) mass is 462 g/mol. The molecule has 5 rings (SSSR count). The number of rotatable bonds is 7. The normalized spacial score (nSPS) is 16.4. The van der Waals surface area contributed by atoms with Crippen molar-refractivity contribution in [3.05, 3.63) is 89.1 Å². The molecule has 0 saturated carbocycles. The second-order valence-corrected chi connectivity index (χ2v) is 8.94. The molecule has 3 N–H and O–H groups in total. The third kappa shape index (κ3) is 4.43. The zero-order chi connectivity index (χ0) is 23.7. The van der Waals surface area contributed by atoms with E-state index in [1.54, 1.807) is 19.2 Å². The van der Waals surface area contributed by atoms with Crippen molar-refractivity contribution in [1.29, 1.82) is 0 Å². The van der Waals surface area contributed by atoms with E-state index in [1.807, 2.05) is 30.3 Å². The van der Waals surface area contributed by atoms with Crippen molar-refractivity contribution in [2.45, 2.75) is 44.4 Å². The number of aromatic amines is 1. The van der Waals surface area contributed by atoms with E-state index in [2.05, 4.69) is 10.3 Å². The van der Waals surface area contributed by atoms with Gasteiger partial charge in [0.1, 0.15) is 17.4 Å². The predicted molar refractivity (Wildman–Crippen MR) is 130 cm³/mol. The van der Waals surface area contributed by atoms with Gasteiger partial charge in [0.05, 0.1) is 18.7 Å². The van der Waals surface area contributed by atoms with Crippen molar-refractivity contribution in [2.24, 2.45) is 0 Å². The molecule has 3 aromatic carbocycles. The molecule has 34 heavy (non-hydrogen) atoms. The highest BCUT2D eigenvalue weighted by atomic mass is 19.1. The molecule has 2 heterocycles. The van der Waals surface area contributed by atoms with Crippen LogP contribution < -0.4 is 10.1 Å². The molecule has 6 heteroatoms. The SMILES string of the molecule is COc1ccc(-c2ccc(F)c3[nH]c4c(c23)CNC(CCCC(O)c2ccc(F)cc2)C4)cc1. The lowest BCUT2D eigenvalue weighted by Gasteiger charge is -2.25. The first-order chi connectivity index (χ1) is 16.5. The van der Waals surface area contributed by atoms with Gasteiger partial charge >= 0.3 is 0 Å². The molecule has 0 bridgehead atoms. The quantitative estimate of drug-likeness (QED) is 0.314. The zero-order valence-electron chi connectivity index (χ0n) is 19.1. The Morgan fingerprint density at radius 1 is 1.03 bits per heavy atom. The zero-order valence-corrected chi connectivity index (χ0v) is 19.1. The lowest BCUT2D eigenvalue weighted by molar-refractivity contribution is 0.161. The number of aliphatic hydroxyl groups is 1. The summed E-state index contributed by atoms with van der Waals surface area (Å²) in [5, 5.41) is 14.9. The van der Waals surface area contributed by atoms with Crippen LogP contribution in [0.2, 0.25) is 0 Å². The van der Waals surface area contributed by atoms with Crippen LogP contribution in [0.5, 0.6) is 5.75 Å². The largest absolute Gasteiger partial charge is 0.497 e. The molecule has 0 amide bonds. The van der Waals surface area contributed by atoms with Gasteiger partial charge in [-0.3, -0.25) is 0 Å². The third-order valence-corrected chi connectivity index (χ3v) is 6.80. The first kappa shape index (κ1) is 22.6. The summed E-state index contributed by atoms with van der Waals surface area (Å²) in [6.07, 6.45) is 2.50. The van der Waals surface area contributed by atoms with Gasteiger partial charge in [0, 0.05) is 30.1 Å². The average molecular weight is 463 g/mol. The Labute approximate surface area is 197 Å². The lowest BCUT2D eigenvalue weighted by atomic mass is 9.93. The van der Waals surface area contributed by atoms with Gasteiger partial charge in [0.15, 0.2) is 0 Å². The molecule has 176 valence electrons. The summed E-state index contributed by atoms with van der Waals surface area (Å²) < 4.78 is 33.1. The number of nitrogens with one attached hydrogen (secondary N) is 2. The van der Waals surface area contributed by atoms with E-state index < -0.39 is 6.10 Å². The number of methoxy groups -OCH3 is 1. The van der Waals surface area contributed by atoms with Crippen LogP contribution in [0.1, 0.15) is 42.2 Å². The smallest absolute Gasteiger partial charge is 0.147 e. The van der Waals surface area contributed by atoms with Gasteiger partial charge in [0.2, 0.25) is 0 Å². The standard InChI is InChI=1S/C28H28F2N2O2/c1-34-21-11-7-17(8-12-21)22-13-14-24(30)28-27(22)23-16-31-20(15-25(23)32-28)3-2-4-26(33)18-5-9-19(29)10-6-18/h5-14,20,26,31-33H,2-4,15-16H2,1H3. The maximum absolute atomic E-state index is 14.7. The van der Waals surface area contributed by atoms with E-state index in [1.165, 1.54) is 18.2 Å². The maximum Gasteiger partial charge on any atom is 0.147 e. The molecule has 1 aliphatic heterocycles. The molecule has 0 fully saturated rings. The van der Waals surface area contributed by atoms with Gasteiger partial charge in [-0.1, -0.05) is 30.3 Å². The topological polar surface area (TPSA) is 57.3 Å². The van der Waals surface area contributed by atoms with Crippen molar-refractivity contribution in [2.75, 3.05) is 7.11 Å². The Bertz CT molecular complexity index is 1280. The Morgan fingerprint density at radius 3 is 2.53 bits per heavy atom. The Kier molecular flexibility index (Phi) is 6.35. The Hall–Kier alpha value is -3.22. The number of hydrogen-bond acceptors (Lipinski definition) is 3. The van der Waals surface area contributed by atoms with Crippen LogP contribution in [0, 0.1) is 11.6 Å². The molecule has 0 aliphatic carbocycles. The molecule has 4 nitrogen and oxygen atoms in total. The number of fused-ring (bicyclic) bond motifs is 3. The van der Waals surface area contributed by atoms with Crippen molar-refractivity contribution in [3.63, 3.8) is 0 Å². The maximum atomic E-state index is 14.7. The number of halogens is 2. The summed E-state index contributed by atoms with van der Waals surface area (Å²) in [7, 11) is 1.64. The minimum absolute atomic E-state index is 0.244. The molecule has 1 aromatic heterocycles. The van der Waals surface area contributed by atoms with Crippen LogP contribution in [-0.4, -0.2) is 23.2 Å². The average Bonchev–Trinajstić information content (AvgIpc) is 3.24. The van der Waals surface area contributed by atoms with E-state index in [9.17, 15) is 13.9 Å². The third-order valence-electron chi connectivity index (χ3n) is 6.80. The Morgan fingerprint density at radius 2 is 1.79 bits per heavy atom. The van der Waals surface area contributed by atoms with Gasteiger partial charge in [-0.2, -0.15) is 0 Å². The molecular weight excluding hydrogens is 434 g/mol. The molecule has 0 saturated heterocycles. The fourth-order valence-corrected chi connectivity index (χ4v) is 4.95. The van der Waals surface area contributed by atoms with Crippen LogP contribution in [0.15, 0.2) is 60.7 Å². The summed E-state index contributed by atoms with van der Waals surface area (Å²) in [5.74, 6) is 0.232. The lowest BCUT2D eigenvalue weighted by Crippen LogP contribution is -2.35. The minimum Gasteiger partial charge on any atom is -0.497 e. The number of aromatic nitrogens is 1. The van der Waals surface area contributed by atoms with Crippen LogP contribution in [0.4, 0.5) is 8.78 Å². The molecule has 0 radical (unpaired) electrons. The molecule has 2 unspecified atom stereocenters. The summed E-state index contributed by atoms with van der Waals surface area (Å²) in [6, 6.07) is 17.4. The van der Waals surface area contributed by atoms with Crippen LogP contribution in [-0.2, 0) is 13.0 Å². The first-order valence-electron chi connectivity index (χ1n) is 11.7. The second kappa shape index (κ2) is 9.57. The molecule has 0 spiro atoms. The van der Waals surface area contributed by atoms with Crippen LogP contribution in [0.25, 0.3) is 22.0 Å². The van der Waals surface area contributed by atoms with E-state index in [4.69, 9.17) is 4.74 Å². The van der Waals surface area contributed by atoms with Crippen LogP contribution >= 0.6 is 0 Å². The molecule has 4 aromatic rings. The number of H-pyrrole nitrogens is 1. The van der Waals surface area contributed by atoms with Crippen molar-refractivity contribution < 1.29 is 18.6 Å². The molecular formula is C28H28F2N2O2.